The lowest BCUT2D eigenvalue weighted by atomic mass is 10.1. The van der Waals surface area contributed by atoms with Crippen molar-refractivity contribution < 1.29 is 12.8 Å². The number of benzene rings is 1. The fourth-order valence-corrected chi connectivity index (χ4v) is 3.26. The molecule has 2 aromatic rings. The summed E-state index contributed by atoms with van der Waals surface area (Å²) in [6.07, 6.45) is 1.51. The third kappa shape index (κ3) is 3.09. The van der Waals surface area contributed by atoms with Gasteiger partial charge in [-0.25, -0.2) is 13.1 Å². The number of hydrogen-bond acceptors (Lipinski definition) is 4. The first-order valence-corrected chi connectivity index (χ1v) is 7.77. The van der Waals surface area contributed by atoms with E-state index in [0.717, 1.165) is 11.1 Å². The number of rotatable bonds is 5. The van der Waals surface area contributed by atoms with Crippen LogP contribution in [0.15, 0.2) is 45.9 Å². The van der Waals surface area contributed by atoms with Crippen LogP contribution in [0.1, 0.15) is 29.9 Å². The number of hydrogen-bond donors (Lipinski definition) is 2. The van der Waals surface area contributed by atoms with Gasteiger partial charge in [0.1, 0.15) is 5.76 Å². The fraction of sp³-hybridized carbons (Fsp3) is 0.286. The summed E-state index contributed by atoms with van der Waals surface area (Å²) in [5, 5.41) is 0. The Bertz CT molecular complexity index is 678. The van der Waals surface area contributed by atoms with Crippen molar-refractivity contribution in [3.05, 3.63) is 53.5 Å². The average molecular weight is 294 g/mol. The predicted molar refractivity (Wildman–Crippen MR) is 76.5 cm³/mol. The predicted octanol–water partition coefficient (Wildman–Crippen LogP) is 2.09. The van der Waals surface area contributed by atoms with E-state index in [1.165, 1.54) is 6.26 Å². The van der Waals surface area contributed by atoms with E-state index in [2.05, 4.69) is 4.72 Å². The second-order valence-electron chi connectivity index (χ2n) is 4.65. The Morgan fingerprint density at radius 2 is 2.10 bits per heavy atom. The van der Waals surface area contributed by atoms with E-state index in [1.807, 2.05) is 6.92 Å². The summed E-state index contributed by atoms with van der Waals surface area (Å²) in [5.74, 6) is 0.573. The maximum atomic E-state index is 12.3. The molecular weight excluding hydrogens is 276 g/mol. The van der Waals surface area contributed by atoms with Crippen LogP contribution in [0.5, 0.6) is 0 Å². The van der Waals surface area contributed by atoms with Crippen LogP contribution in [0.3, 0.4) is 0 Å². The van der Waals surface area contributed by atoms with Gasteiger partial charge in [0.15, 0.2) is 0 Å². The first kappa shape index (κ1) is 14.8. The molecule has 1 heterocycles. The smallest absolute Gasteiger partial charge is 0.241 e. The second kappa shape index (κ2) is 5.78. The molecule has 0 aliphatic heterocycles. The Hall–Kier alpha value is -1.63. The molecule has 0 saturated carbocycles. The van der Waals surface area contributed by atoms with E-state index in [9.17, 15) is 8.42 Å². The Balaban J connectivity index is 2.24. The lowest BCUT2D eigenvalue weighted by Gasteiger charge is -2.13. The van der Waals surface area contributed by atoms with E-state index >= 15 is 0 Å². The van der Waals surface area contributed by atoms with Gasteiger partial charge in [0, 0.05) is 6.54 Å². The van der Waals surface area contributed by atoms with Crippen molar-refractivity contribution >= 4 is 10.0 Å². The molecule has 0 aliphatic carbocycles. The highest BCUT2D eigenvalue weighted by Gasteiger charge is 2.20. The third-order valence-electron chi connectivity index (χ3n) is 3.15. The maximum Gasteiger partial charge on any atom is 0.241 e. The van der Waals surface area contributed by atoms with Crippen molar-refractivity contribution in [1.82, 2.24) is 4.72 Å². The molecule has 0 fully saturated rings. The topological polar surface area (TPSA) is 85.3 Å². The van der Waals surface area contributed by atoms with Gasteiger partial charge in [-0.05, 0) is 49.2 Å². The Morgan fingerprint density at radius 3 is 2.65 bits per heavy atom. The van der Waals surface area contributed by atoms with E-state index in [0.29, 0.717) is 12.3 Å². The van der Waals surface area contributed by atoms with Gasteiger partial charge in [-0.15, -0.1) is 0 Å². The summed E-state index contributed by atoms with van der Waals surface area (Å²) in [5.41, 5.74) is 7.37. The van der Waals surface area contributed by atoms with Gasteiger partial charge in [-0.2, -0.15) is 0 Å². The van der Waals surface area contributed by atoms with Gasteiger partial charge in [-0.1, -0.05) is 6.07 Å². The minimum absolute atomic E-state index is 0.227. The monoisotopic (exact) mass is 294 g/mol. The largest absolute Gasteiger partial charge is 0.468 e. The SMILES string of the molecule is Cc1cc(S(=O)(=O)NC(C)c2ccco2)ccc1CN. The molecule has 0 spiro atoms. The number of aryl methyl sites for hydroxylation is 1. The average Bonchev–Trinajstić information content (AvgIpc) is 2.92. The van der Waals surface area contributed by atoms with E-state index < -0.39 is 16.1 Å². The van der Waals surface area contributed by atoms with Crippen molar-refractivity contribution in [3.63, 3.8) is 0 Å². The van der Waals surface area contributed by atoms with Crippen molar-refractivity contribution in [2.45, 2.75) is 31.3 Å². The van der Waals surface area contributed by atoms with Crippen LogP contribution in [-0.2, 0) is 16.6 Å². The molecule has 1 aromatic carbocycles. The first-order valence-electron chi connectivity index (χ1n) is 6.29. The highest BCUT2D eigenvalue weighted by molar-refractivity contribution is 7.89. The maximum absolute atomic E-state index is 12.3. The summed E-state index contributed by atoms with van der Waals surface area (Å²) in [4.78, 5) is 0.227. The summed E-state index contributed by atoms with van der Waals surface area (Å²) < 4.78 is 32.4. The highest BCUT2D eigenvalue weighted by Crippen LogP contribution is 2.19. The fourth-order valence-electron chi connectivity index (χ4n) is 1.96. The molecule has 0 bridgehead atoms. The summed E-state index contributed by atoms with van der Waals surface area (Å²) in [6.45, 7) is 3.97. The van der Waals surface area contributed by atoms with Gasteiger partial charge < -0.3 is 10.2 Å². The summed E-state index contributed by atoms with van der Waals surface area (Å²) >= 11 is 0. The summed E-state index contributed by atoms with van der Waals surface area (Å²) in [7, 11) is -3.58. The van der Waals surface area contributed by atoms with Crippen LogP contribution < -0.4 is 10.5 Å². The van der Waals surface area contributed by atoms with E-state index in [-0.39, 0.29) is 4.90 Å². The highest BCUT2D eigenvalue weighted by atomic mass is 32.2. The molecule has 1 aromatic heterocycles. The van der Waals surface area contributed by atoms with Gasteiger partial charge in [-0.3, -0.25) is 0 Å². The van der Waals surface area contributed by atoms with Crippen molar-refractivity contribution in [1.29, 1.82) is 0 Å². The quantitative estimate of drug-likeness (QED) is 0.884. The minimum atomic E-state index is -3.58. The molecule has 5 nitrogen and oxygen atoms in total. The second-order valence-corrected chi connectivity index (χ2v) is 6.36. The summed E-state index contributed by atoms with van der Waals surface area (Å²) in [6, 6.07) is 7.95. The Morgan fingerprint density at radius 1 is 1.35 bits per heavy atom. The molecule has 2 rings (SSSR count). The van der Waals surface area contributed by atoms with Crippen molar-refractivity contribution in [2.24, 2.45) is 5.73 Å². The van der Waals surface area contributed by atoms with Crippen LogP contribution in [-0.4, -0.2) is 8.42 Å². The zero-order valence-corrected chi connectivity index (χ0v) is 12.3. The third-order valence-corrected chi connectivity index (χ3v) is 4.68. The van der Waals surface area contributed by atoms with E-state index in [1.54, 1.807) is 37.3 Å². The molecule has 0 saturated heterocycles. The van der Waals surface area contributed by atoms with Gasteiger partial charge >= 0.3 is 0 Å². The molecule has 108 valence electrons. The zero-order valence-electron chi connectivity index (χ0n) is 11.5. The van der Waals surface area contributed by atoms with Crippen LogP contribution >= 0.6 is 0 Å². The van der Waals surface area contributed by atoms with Crippen molar-refractivity contribution in [2.75, 3.05) is 0 Å². The van der Waals surface area contributed by atoms with Gasteiger partial charge in [0.05, 0.1) is 17.2 Å². The van der Waals surface area contributed by atoms with Crippen LogP contribution in [0.4, 0.5) is 0 Å². The molecule has 1 atom stereocenters. The van der Waals surface area contributed by atoms with Crippen LogP contribution in [0.25, 0.3) is 0 Å². The Kier molecular flexibility index (Phi) is 4.27. The molecule has 20 heavy (non-hydrogen) atoms. The molecule has 1 unspecified atom stereocenters. The lowest BCUT2D eigenvalue weighted by molar-refractivity contribution is 0.459. The lowest BCUT2D eigenvalue weighted by Crippen LogP contribution is -2.26. The standard InChI is InChI=1S/C14H18N2O3S/c1-10-8-13(6-5-12(10)9-15)20(17,18)16-11(2)14-4-3-7-19-14/h3-8,11,16H,9,15H2,1-2H3. The number of nitrogens with one attached hydrogen (secondary N) is 1. The van der Waals surface area contributed by atoms with Gasteiger partial charge in [0.25, 0.3) is 0 Å². The normalized spacial score (nSPS) is 13.3. The number of furan rings is 1. The van der Waals surface area contributed by atoms with E-state index in [4.69, 9.17) is 10.2 Å². The van der Waals surface area contributed by atoms with Gasteiger partial charge in [0.2, 0.25) is 10.0 Å². The first-order chi connectivity index (χ1) is 9.44. The molecule has 3 N–H and O–H groups in total. The zero-order chi connectivity index (χ0) is 14.8. The molecule has 0 radical (unpaired) electrons. The van der Waals surface area contributed by atoms with Crippen LogP contribution in [0, 0.1) is 6.92 Å². The number of nitrogens with two attached hydrogens (primary N) is 1. The van der Waals surface area contributed by atoms with Crippen molar-refractivity contribution in [3.8, 4) is 0 Å². The Labute approximate surface area is 118 Å². The molecule has 0 amide bonds. The minimum Gasteiger partial charge on any atom is -0.468 e. The van der Waals surface area contributed by atoms with Crippen LogP contribution in [0.2, 0.25) is 0 Å². The molecular formula is C14H18N2O3S. The number of sulfonamides is 1. The molecule has 0 aliphatic rings. The molecule has 6 heteroatoms.